The molecule has 8 fully saturated rings. The van der Waals surface area contributed by atoms with Crippen LogP contribution in [0.1, 0.15) is 143 Å². The standard InChI is InChI=1S/C40H66/c1-23-11-9-17-31-33(23)21-35(39-29-15-7-5-13-27(29)19-25(3)37(31)39)36-22-34-24(2)12-10-18-32(34)38-26(4)20-28-14-6-8-16-30(28)40(36)38/h23-40H,5-22H2,1-4H3. The Balaban J connectivity index is 1.23. The molecule has 0 aromatic carbocycles. The summed E-state index contributed by atoms with van der Waals surface area (Å²) in [5.41, 5.74) is 0. The van der Waals surface area contributed by atoms with E-state index in [0.717, 1.165) is 107 Å². The molecule has 0 spiro atoms. The van der Waals surface area contributed by atoms with Crippen molar-refractivity contribution >= 4 is 0 Å². The van der Waals surface area contributed by atoms with Gasteiger partial charge in [-0.3, -0.25) is 0 Å². The maximum atomic E-state index is 2.78. The van der Waals surface area contributed by atoms with Crippen LogP contribution in [0.4, 0.5) is 0 Å². The number of hydrogen-bond donors (Lipinski definition) is 0. The largest absolute Gasteiger partial charge is 0.0622 e. The fourth-order valence-electron chi connectivity index (χ4n) is 16.0. The minimum Gasteiger partial charge on any atom is -0.0622 e. The summed E-state index contributed by atoms with van der Waals surface area (Å²) in [6.07, 6.45) is 28.6. The smallest absolute Gasteiger partial charge is 0.0318 e. The van der Waals surface area contributed by atoms with Crippen molar-refractivity contribution < 1.29 is 0 Å². The maximum Gasteiger partial charge on any atom is -0.0318 e. The molecule has 0 heterocycles. The van der Waals surface area contributed by atoms with Gasteiger partial charge in [-0.1, -0.05) is 91.9 Å². The summed E-state index contributed by atoms with van der Waals surface area (Å²) < 4.78 is 0. The van der Waals surface area contributed by atoms with E-state index in [1.807, 2.05) is 0 Å². The number of hydrogen-bond acceptors (Lipinski definition) is 0. The highest BCUT2D eigenvalue weighted by molar-refractivity contribution is 5.10. The highest BCUT2D eigenvalue weighted by Gasteiger charge is 2.62. The summed E-state index contributed by atoms with van der Waals surface area (Å²) in [6, 6.07) is 0. The van der Waals surface area contributed by atoms with Gasteiger partial charge in [0.1, 0.15) is 0 Å². The second kappa shape index (κ2) is 10.9. The van der Waals surface area contributed by atoms with Gasteiger partial charge >= 0.3 is 0 Å². The molecule has 0 aromatic heterocycles. The van der Waals surface area contributed by atoms with Crippen LogP contribution in [0, 0.1) is 107 Å². The second-order valence-electron chi connectivity index (χ2n) is 18.4. The van der Waals surface area contributed by atoms with E-state index < -0.39 is 0 Å². The molecule has 8 aliphatic rings. The fourth-order valence-corrected chi connectivity index (χ4v) is 16.0. The Labute approximate surface area is 249 Å². The van der Waals surface area contributed by atoms with E-state index in [-0.39, 0.29) is 0 Å². The molecule has 226 valence electrons. The highest BCUT2D eigenvalue weighted by atomic mass is 14.7. The summed E-state index contributed by atoms with van der Waals surface area (Å²) in [5, 5.41) is 0. The third kappa shape index (κ3) is 4.30. The predicted octanol–water partition coefficient (Wildman–Crippen LogP) is 11.3. The monoisotopic (exact) mass is 547 g/mol. The first-order valence-corrected chi connectivity index (χ1v) is 19.5. The summed E-state index contributed by atoms with van der Waals surface area (Å²) in [7, 11) is 0. The van der Waals surface area contributed by atoms with Gasteiger partial charge < -0.3 is 0 Å². The average molecular weight is 547 g/mol. The Morgan fingerprint density at radius 1 is 0.275 bits per heavy atom. The van der Waals surface area contributed by atoms with E-state index in [1.165, 1.54) is 0 Å². The quantitative estimate of drug-likeness (QED) is 0.307. The van der Waals surface area contributed by atoms with E-state index in [0.29, 0.717) is 0 Å². The summed E-state index contributed by atoms with van der Waals surface area (Å²) in [4.78, 5) is 0. The normalized spacial score (nSPS) is 59.7. The highest BCUT2D eigenvalue weighted by Crippen LogP contribution is 2.68. The van der Waals surface area contributed by atoms with Crippen molar-refractivity contribution in [1.82, 2.24) is 0 Å². The van der Waals surface area contributed by atoms with E-state index in [9.17, 15) is 0 Å². The zero-order valence-corrected chi connectivity index (χ0v) is 27.1. The molecule has 18 unspecified atom stereocenters. The fraction of sp³-hybridized carbons (Fsp3) is 1.00. The Morgan fingerprint density at radius 3 is 1.12 bits per heavy atom. The lowest BCUT2D eigenvalue weighted by atomic mass is 9.39. The number of fused-ring (bicyclic) bond motifs is 10. The van der Waals surface area contributed by atoms with Gasteiger partial charge in [-0.2, -0.15) is 0 Å². The topological polar surface area (TPSA) is 0 Å². The third-order valence-corrected chi connectivity index (χ3v) is 17.0. The van der Waals surface area contributed by atoms with E-state index in [1.54, 1.807) is 116 Å². The van der Waals surface area contributed by atoms with Crippen LogP contribution in [0.25, 0.3) is 0 Å². The Kier molecular flexibility index (Phi) is 7.48. The van der Waals surface area contributed by atoms with Crippen LogP contribution >= 0.6 is 0 Å². The van der Waals surface area contributed by atoms with Gasteiger partial charge in [-0.15, -0.1) is 0 Å². The molecular formula is C40H66. The maximum absolute atomic E-state index is 2.78. The third-order valence-electron chi connectivity index (χ3n) is 17.0. The molecule has 0 nitrogen and oxygen atoms in total. The molecule has 0 heteroatoms. The molecule has 0 bridgehead atoms. The average Bonchev–Trinajstić information content (AvgIpc) is 2.96. The van der Waals surface area contributed by atoms with Crippen LogP contribution in [0.5, 0.6) is 0 Å². The van der Waals surface area contributed by atoms with Crippen molar-refractivity contribution in [1.29, 1.82) is 0 Å². The van der Waals surface area contributed by atoms with Crippen LogP contribution in [0.3, 0.4) is 0 Å². The van der Waals surface area contributed by atoms with E-state index >= 15 is 0 Å². The minimum atomic E-state index is 1.01. The second-order valence-corrected chi connectivity index (χ2v) is 18.4. The summed E-state index contributed by atoms with van der Waals surface area (Å²) >= 11 is 0. The molecule has 40 heavy (non-hydrogen) atoms. The SMILES string of the molecule is CC1CCCC2C1CC(C1CC3C(C)CCCC3C3C(C)CC4CCCCC4C13)C1C3CCCCC3CC(C)C21. The molecule has 8 aliphatic carbocycles. The summed E-state index contributed by atoms with van der Waals surface area (Å²) in [6.45, 7) is 11.0. The van der Waals surface area contributed by atoms with Gasteiger partial charge in [-0.25, -0.2) is 0 Å². The molecule has 0 aromatic rings. The van der Waals surface area contributed by atoms with Crippen LogP contribution in [0.2, 0.25) is 0 Å². The number of rotatable bonds is 1. The first kappa shape index (κ1) is 27.5. The Bertz CT molecular complexity index is 816. The van der Waals surface area contributed by atoms with E-state index in [4.69, 9.17) is 0 Å². The van der Waals surface area contributed by atoms with Gasteiger partial charge in [0.05, 0.1) is 0 Å². The van der Waals surface area contributed by atoms with Crippen molar-refractivity contribution in [2.45, 2.75) is 143 Å². The van der Waals surface area contributed by atoms with Crippen LogP contribution in [0.15, 0.2) is 0 Å². The lowest BCUT2D eigenvalue weighted by molar-refractivity contribution is -0.178. The Morgan fingerprint density at radius 2 is 0.675 bits per heavy atom. The van der Waals surface area contributed by atoms with Gasteiger partial charge in [0.25, 0.3) is 0 Å². The van der Waals surface area contributed by atoms with Crippen molar-refractivity contribution in [3.8, 4) is 0 Å². The van der Waals surface area contributed by atoms with Crippen LogP contribution in [-0.4, -0.2) is 0 Å². The van der Waals surface area contributed by atoms with Crippen molar-refractivity contribution in [2.75, 3.05) is 0 Å². The van der Waals surface area contributed by atoms with Crippen molar-refractivity contribution in [3.05, 3.63) is 0 Å². The van der Waals surface area contributed by atoms with Gasteiger partial charge in [-0.05, 0) is 158 Å². The Hall–Kier alpha value is 0. The van der Waals surface area contributed by atoms with Crippen molar-refractivity contribution in [3.63, 3.8) is 0 Å². The molecule has 18 atom stereocenters. The lowest BCUT2D eigenvalue weighted by Crippen LogP contribution is -2.60. The van der Waals surface area contributed by atoms with Crippen LogP contribution in [-0.2, 0) is 0 Å². The molecule has 8 rings (SSSR count). The molecule has 0 N–H and O–H groups in total. The molecule has 0 radical (unpaired) electrons. The van der Waals surface area contributed by atoms with E-state index in [2.05, 4.69) is 27.7 Å². The first-order chi connectivity index (χ1) is 19.5. The van der Waals surface area contributed by atoms with Crippen molar-refractivity contribution in [2.24, 2.45) is 107 Å². The first-order valence-electron chi connectivity index (χ1n) is 19.5. The van der Waals surface area contributed by atoms with Crippen LogP contribution < -0.4 is 0 Å². The van der Waals surface area contributed by atoms with Gasteiger partial charge in [0, 0.05) is 0 Å². The zero-order valence-electron chi connectivity index (χ0n) is 27.1. The summed E-state index contributed by atoms with van der Waals surface area (Å²) in [5.74, 6) is 19.4. The zero-order chi connectivity index (χ0) is 27.1. The predicted molar refractivity (Wildman–Crippen MR) is 169 cm³/mol. The molecular weight excluding hydrogens is 480 g/mol. The lowest BCUT2D eigenvalue weighted by Gasteiger charge is -2.66. The molecule has 0 amide bonds. The minimum absolute atomic E-state index is 1.01. The molecule has 8 saturated carbocycles. The van der Waals surface area contributed by atoms with Gasteiger partial charge in [0.2, 0.25) is 0 Å². The molecule has 0 saturated heterocycles. The van der Waals surface area contributed by atoms with Gasteiger partial charge in [0.15, 0.2) is 0 Å². The molecule has 0 aliphatic heterocycles.